The Morgan fingerprint density at radius 2 is 2.14 bits per heavy atom. The first-order valence-electron chi connectivity index (χ1n) is 3.75. The first-order valence-corrected chi connectivity index (χ1v) is 5.32. The zero-order valence-electron chi connectivity index (χ0n) is 7.58. The lowest BCUT2D eigenvalue weighted by atomic mass is 10.0. The summed E-state index contributed by atoms with van der Waals surface area (Å²) in [5.41, 5.74) is -0.107. The predicted molar refractivity (Wildman–Crippen MR) is 57.8 cm³/mol. The lowest BCUT2D eigenvalue weighted by Crippen LogP contribution is -2.34. The van der Waals surface area contributed by atoms with E-state index in [4.69, 9.17) is 23.2 Å². The van der Waals surface area contributed by atoms with Gasteiger partial charge in [-0.1, -0.05) is 23.2 Å². The van der Waals surface area contributed by atoms with E-state index < -0.39 is 5.54 Å². The van der Waals surface area contributed by atoms with Crippen LogP contribution in [0.15, 0.2) is 6.20 Å². The summed E-state index contributed by atoms with van der Waals surface area (Å²) in [6.45, 7) is 3.59. The van der Waals surface area contributed by atoms with Crippen molar-refractivity contribution in [3.8, 4) is 0 Å². The quantitative estimate of drug-likeness (QED) is 0.803. The van der Waals surface area contributed by atoms with Crippen LogP contribution in [0, 0.1) is 0 Å². The molecule has 1 aromatic heterocycles. The van der Waals surface area contributed by atoms with Crippen molar-refractivity contribution in [1.29, 1.82) is 0 Å². The van der Waals surface area contributed by atoms with E-state index in [9.17, 15) is 4.21 Å². The molecular formula is C7H9Cl2N3OS. The van der Waals surface area contributed by atoms with Crippen LogP contribution in [0.2, 0.25) is 10.3 Å². The van der Waals surface area contributed by atoms with Crippen molar-refractivity contribution in [3.63, 3.8) is 0 Å². The fourth-order valence-electron chi connectivity index (χ4n) is 0.933. The molecule has 0 aliphatic heterocycles. The van der Waals surface area contributed by atoms with E-state index in [-0.39, 0.29) is 22.2 Å². The van der Waals surface area contributed by atoms with E-state index in [0.717, 1.165) is 0 Å². The fourth-order valence-corrected chi connectivity index (χ4v) is 1.82. The van der Waals surface area contributed by atoms with Crippen molar-refractivity contribution in [3.05, 3.63) is 22.2 Å². The third-order valence-corrected chi connectivity index (χ3v) is 2.71. The number of rotatable bonds is 3. The van der Waals surface area contributed by atoms with E-state index in [2.05, 4.69) is 14.7 Å². The van der Waals surface area contributed by atoms with Crippen molar-refractivity contribution >= 4 is 35.1 Å². The van der Waals surface area contributed by atoms with Crippen molar-refractivity contribution in [2.24, 2.45) is 0 Å². The van der Waals surface area contributed by atoms with E-state index in [1.54, 1.807) is 13.8 Å². The number of aromatic nitrogens is 2. The van der Waals surface area contributed by atoms with E-state index in [1.165, 1.54) is 6.20 Å². The van der Waals surface area contributed by atoms with Crippen LogP contribution in [0.25, 0.3) is 0 Å². The molecule has 0 aliphatic rings. The molecule has 0 saturated carbocycles. The highest BCUT2D eigenvalue weighted by atomic mass is 35.5. The van der Waals surface area contributed by atoms with Gasteiger partial charge in [0.1, 0.15) is 5.15 Å². The predicted octanol–water partition coefficient (Wildman–Crippen LogP) is 1.47. The van der Waals surface area contributed by atoms with Crippen LogP contribution < -0.4 is 4.72 Å². The van der Waals surface area contributed by atoms with Crippen LogP contribution in [0.5, 0.6) is 0 Å². The molecule has 1 N–H and O–H groups in total. The maximum absolute atomic E-state index is 10.4. The van der Waals surface area contributed by atoms with Gasteiger partial charge in [0.25, 0.3) is 0 Å². The van der Waals surface area contributed by atoms with Gasteiger partial charge in [0.15, 0.2) is 5.15 Å². The third-order valence-electron chi connectivity index (χ3n) is 1.62. The Bertz CT molecular complexity index is 359. The van der Waals surface area contributed by atoms with E-state index in [0.29, 0.717) is 5.69 Å². The molecule has 0 spiro atoms. The maximum atomic E-state index is 10.4. The molecule has 0 saturated heterocycles. The van der Waals surface area contributed by atoms with Crippen LogP contribution >= 0.6 is 23.2 Å². The van der Waals surface area contributed by atoms with Crippen LogP contribution in [0.3, 0.4) is 0 Å². The molecule has 4 nitrogen and oxygen atoms in total. The van der Waals surface area contributed by atoms with Gasteiger partial charge in [0, 0.05) is 0 Å². The van der Waals surface area contributed by atoms with Gasteiger partial charge in [0.2, 0.25) is 0 Å². The van der Waals surface area contributed by atoms with Crippen molar-refractivity contribution in [2.75, 3.05) is 0 Å². The molecule has 0 atom stereocenters. The highest BCUT2D eigenvalue weighted by Crippen LogP contribution is 2.24. The molecule has 1 rings (SSSR count). The largest absolute Gasteiger partial charge is 0.253 e. The van der Waals surface area contributed by atoms with Gasteiger partial charge >= 0.3 is 0 Å². The number of hydrogen-bond acceptors (Lipinski definition) is 3. The first kappa shape index (κ1) is 11.8. The van der Waals surface area contributed by atoms with Gasteiger partial charge in [-0.2, -0.15) is 0 Å². The minimum Gasteiger partial charge on any atom is -0.253 e. The lowest BCUT2D eigenvalue weighted by Gasteiger charge is -2.22. The minimum atomic E-state index is -0.613. The maximum Gasteiger partial charge on any atom is 0.154 e. The van der Waals surface area contributed by atoms with Crippen LogP contribution in [0.4, 0.5) is 0 Å². The van der Waals surface area contributed by atoms with Gasteiger partial charge in [-0.25, -0.2) is 13.9 Å². The second-order valence-corrected chi connectivity index (χ2v) is 4.31. The Kier molecular flexibility index (Phi) is 3.83. The highest BCUT2D eigenvalue weighted by Gasteiger charge is 2.25. The number of halogens is 2. The zero-order chi connectivity index (χ0) is 10.8. The third kappa shape index (κ3) is 2.63. The van der Waals surface area contributed by atoms with Gasteiger partial charge in [0.05, 0.1) is 29.3 Å². The zero-order valence-corrected chi connectivity index (χ0v) is 9.99. The van der Waals surface area contributed by atoms with Crippen LogP contribution in [-0.2, 0) is 17.4 Å². The molecule has 14 heavy (non-hydrogen) atoms. The molecule has 0 aliphatic carbocycles. The summed E-state index contributed by atoms with van der Waals surface area (Å²) in [5, 5.41) is 0.438. The van der Waals surface area contributed by atoms with Gasteiger partial charge in [-0.3, -0.25) is 4.98 Å². The number of hydrogen-bond donors (Lipinski definition) is 2. The molecule has 0 amide bonds. The Balaban J connectivity index is 3.12. The summed E-state index contributed by atoms with van der Waals surface area (Å²) in [5.74, 6) is 0. The summed E-state index contributed by atoms with van der Waals surface area (Å²) >= 11 is 11.3. The molecule has 1 heterocycles. The summed E-state index contributed by atoms with van der Waals surface area (Å²) in [6.07, 6.45) is 1.40. The molecule has 0 fully saturated rings. The Labute approximate surface area is 95.7 Å². The Hall–Kier alpha value is -0.230. The van der Waals surface area contributed by atoms with E-state index in [1.807, 2.05) is 0 Å². The minimum absolute atomic E-state index is 0.187. The molecule has 0 radical (unpaired) electrons. The normalized spacial score (nSPS) is 11.7. The lowest BCUT2D eigenvalue weighted by molar-refractivity contribution is 0.483. The number of nitrogens with one attached hydrogen (secondary N) is 1. The van der Waals surface area contributed by atoms with Crippen molar-refractivity contribution < 1.29 is 4.21 Å². The summed E-state index contributed by atoms with van der Waals surface area (Å²) in [7, 11) is 0. The van der Waals surface area contributed by atoms with E-state index >= 15 is 0 Å². The molecule has 7 heteroatoms. The van der Waals surface area contributed by atoms with Crippen molar-refractivity contribution in [2.45, 2.75) is 19.4 Å². The number of nitrogens with zero attached hydrogens (tertiary/aromatic N) is 2. The number of thiol groups is 1. The Morgan fingerprint density at radius 3 is 2.64 bits per heavy atom. The molecule has 1 aromatic rings. The molecular weight excluding hydrogens is 245 g/mol. The topological polar surface area (TPSA) is 54.9 Å². The van der Waals surface area contributed by atoms with Gasteiger partial charge in [-0.05, 0) is 13.8 Å². The molecule has 0 unspecified atom stereocenters. The smallest absolute Gasteiger partial charge is 0.154 e. The first-order chi connectivity index (χ1) is 6.47. The second kappa shape index (κ2) is 4.53. The second-order valence-electron chi connectivity index (χ2n) is 3.16. The van der Waals surface area contributed by atoms with Crippen LogP contribution in [-0.4, -0.2) is 14.2 Å². The van der Waals surface area contributed by atoms with Gasteiger partial charge < -0.3 is 0 Å². The van der Waals surface area contributed by atoms with Crippen LogP contribution in [0.1, 0.15) is 19.5 Å². The monoisotopic (exact) mass is 253 g/mol. The van der Waals surface area contributed by atoms with Crippen molar-refractivity contribution in [1.82, 2.24) is 14.7 Å². The SMILES string of the molecule is CC(C)(N[SH]=O)c1ncc(Cl)nc1Cl. The Morgan fingerprint density at radius 1 is 1.50 bits per heavy atom. The summed E-state index contributed by atoms with van der Waals surface area (Å²) in [6, 6.07) is 0. The fraction of sp³-hybridized carbons (Fsp3) is 0.429. The standard InChI is InChI=1S/C7H9Cl2N3OS/c1-7(2,12-14-13)5-6(9)11-4(8)3-10-5/h3,14H,1-2H3,(H,12,13). The average Bonchev–Trinajstić information content (AvgIpc) is 2.02. The molecule has 78 valence electrons. The summed E-state index contributed by atoms with van der Waals surface area (Å²) < 4.78 is 13.1. The van der Waals surface area contributed by atoms with Gasteiger partial charge in [-0.15, -0.1) is 0 Å². The average molecular weight is 254 g/mol. The summed E-state index contributed by atoms with van der Waals surface area (Å²) in [4.78, 5) is 7.88. The molecule has 0 bridgehead atoms. The highest BCUT2D eigenvalue weighted by molar-refractivity contribution is 7.63. The molecule has 0 aromatic carbocycles.